The molecule has 0 atom stereocenters. The van der Waals surface area contributed by atoms with Crippen LogP contribution in [0.2, 0.25) is 0 Å². The fraction of sp³-hybridized carbons (Fsp3) is 0.263. The largest absolute Gasteiger partial charge is 0.444 e. The van der Waals surface area contributed by atoms with E-state index in [9.17, 15) is 10.1 Å². The predicted molar refractivity (Wildman–Crippen MR) is 103 cm³/mol. The lowest BCUT2D eigenvalue weighted by atomic mass is 10.1. The number of aryl methyl sites for hydroxylation is 2. The minimum absolute atomic E-state index is 0.128. The fourth-order valence-electron chi connectivity index (χ4n) is 2.62. The number of anilines is 1. The van der Waals surface area contributed by atoms with Crippen molar-refractivity contribution in [2.75, 3.05) is 11.1 Å². The number of carbonyl (C=O) groups excluding carboxylic acids is 1. The molecular weight excluding hydrogens is 362 g/mol. The summed E-state index contributed by atoms with van der Waals surface area (Å²) in [6.45, 7) is 5.56. The Balaban J connectivity index is 1.68. The number of amides is 1. The highest BCUT2D eigenvalue weighted by atomic mass is 32.2. The molecule has 0 saturated heterocycles. The normalized spacial score (nSPS) is 10.6. The topological polar surface area (TPSA) is 96.7 Å². The van der Waals surface area contributed by atoms with Crippen LogP contribution in [0.25, 0.3) is 11.4 Å². The van der Waals surface area contributed by atoms with Crippen LogP contribution in [-0.2, 0) is 11.8 Å². The van der Waals surface area contributed by atoms with Gasteiger partial charge in [0.2, 0.25) is 11.8 Å². The lowest BCUT2D eigenvalue weighted by Gasteiger charge is -2.05. The van der Waals surface area contributed by atoms with Crippen molar-refractivity contribution >= 4 is 23.6 Å². The number of hydrogen-bond acceptors (Lipinski definition) is 6. The van der Waals surface area contributed by atoms with E-state index < -0.39 is 0 Å². The highest BCUT2D eigenvalue weighted by Gasteiger charge is 2.18. The molecule has 1 amide bonds. The molecule has 2 aromatic heterocycles. The van der Waals surface area contributed by atoms with E-state index in [-0.39, 0.29) is 17.5 Å². The van der Waals surface area contributed by atoms with Gasteiger partial charge < -0.3 is 8.98 Å². The molecule has 1 aromatic carbocycles. The highest BCUT2D eigenvalue weighted by Crippen LogP contribution is 2.26. The Kier molecular flexibility index (Phi) is 5.33. The van der Waals surface area contributed by atoms with E-state index in [4.69, 9.17) is 4.42 Å². The molecule has 0 radical (unpaired) electrons. The number of nitrogens with one attached hydrogen (secondary N) is 1. The third-order valence-electron chi connectivity index (χ3n) is 4.19. The van der Waals surface area contributed by atoms with Gasteiger partial charge in [-0.15, -0.1) is 10.2 Å². The van der Waals surface area contributed by atoms with Gasteiger partial charge in [-0.2, -0.15) is 5.26 Å². The van der Waals surface area contributed by atoms with Crippen molar-refractivity contribution in [3.05, 3.63) is 46.7 Å². The second kappa shape index (κ2) is 7.68. The molecule has 27 heavy (non-hydrogen) atoms. The van der Waals surface area contributed by atoms with Crippen molar-refractivity contribution in [2.24, 2.45) is 7.05 Å². The van der Waals surface area contributed by atoms with Crippen LogP contribution >= 0.6 is 11.8 Å². The average Bonchev–Trinajstić information content (AvgIpc) is 3.13. The number of rotatable bonds is 5. The molecule has 0 unspecified atom stereocenters. The number of aromatic nitrogens is 3. The zero-order valence-corrected chi connectivity index (χ0v) is 16.3. The van der Waals surface area contributed by atoms with Crippen molar-refractivity contribution in [3.63, 3.8) is 0 Å². The monoisotopic (exact) mass is 381 g/mol. The molecule has 0 aliphatic rings. The summed E-state index contributed by atoms with van der Waals surface area (Å²) in [7, 11) is 1.87. The van der Waals surface area contributed by atoms with Gasteiger partial charge in [0.1, 0.15) is 17.4 Å². The first-order valence-electron chi connectivity index (χ1n) is 8.30. The van der Waals surface area contributed by atoms with Gasteiger partial charge in [-0.3, -0.25) is 10.1 Å². The van der Waals surface area contributed by atoms with Crippen molar-refractivity contribution in [3.8, 4) is 17.5 Å². The van der Waals surface area contributed by atoms with E-state index in [0.29, 0.717) is 16.5 Å². The van der Waals surface area contributed by atoms with Gasteiger partial charge in [-0.05, 0) is 26.8 Å². The van der Waals surface area contributed by atoms with E-state index >= 15 is 0 Å². The summed E-state index contributed by atoms with van der Waals surface area (Å²) in [6.07, 6.45) is 0. The fourth-order valence-corrected chi connectivity index (χ4v) is 3.33. The molecule has 0 fully saturated rings. The summed E-state index contributed by atoms with van der Waals surface area (Å²) in [4.78, 5) is 12.2. The Hall–Kier alpha value is -3.05. The third kappa shape index (κ3) is 3.88. The molecule has 0 aliphatic carbocycles. The Morgan fingerprint density at radius 3 is 2.81 bits per heavy atom. The standard InChI is InChI=1S/C19H19N5O2S/c1-11-6-5-7-14(8-11)17-22-23-19(24(17)4)27-10-16(25)21-18-15(9-20)12(2)13(3)26-18/h5-8H,10H2,1-4H3,(H,21,25). The summed E-state index contributed by atoms with van der Waals surface area (Å²) in [6, 6.07) is 10.1. The van der Waals surface area contributed by atoms with Crippen molar-refractivity contribution in [2.45, 2.75) is 25.9 Å². The third-order valence-corrected chi connectivity index (χ3v) is 5.21. The second-order valence-corrected chi connectivity index (χ2v) is 7.11. The number of hydrogen-bond donors (Lipinski definition) is 1. The summed E-state index contributed by atoms with van der Waals surface area (Å²) >= 11 is 1.27. The first-order valence-corrected chi connectivity index (χ1v) is 9.28. The maximum atomic E-state index is 12.2. The molecule has 0 aliphatic heterocycles. The molecule has 7 nitrogen and oxygen atoms in total. The van der Waals surface area contributed by atoms with Crippen LogP contribution in [0.4, 0.5) is 5.88 Å². The first kappa shape index (κ1) is 18.7. The van der Waals surface area contributed by atoms with Gasteiger partial charge in [-0.1, -0.05) is 35.5 Å². The quantitative estimate of drug-likeness (QED) is 0.678. The molecule has 8 heteroatoms. The molecule has 138 valence electrons. The van der Waals surface area contributed by atoms with Crippen LogP contribution in [0, 0.1) is 32.1 Å². The van der Waals surface area contributed by atoms with E-state index in [1.54, 1.807) is 13.8 Å². The van der Waals surface area contributed by atoms with Crippen LogP contribution < -0.4 is 5.32 Å². The average molecular weight is 381 g/mol. The van der Waals surface area contributed by atoms with Gasteiger partial charge in [-0.25, -0.2) is 0 Å². The Morgan fingerprint density at radius 1 is 1.33 bits per heavy atom. The Morgan fingerprint density at radius 2 is 2.11 bits per heavy atom. The van der Waals surface area contributed by atoms with E-state index in [2.05, 4.69) is 21.6 Å². The highest BCUT2D eigenvalue weighted by molar-refractivity contribution is 7.99. The van der Waals surface area contributed by atoms with Crippen molar-refractivity contribution in [1.82, 2.24) is 14.8 Å². The smallest absolute Gasteiger partial charge is 0.237 e. The van der Waals surface area contributed by atoms with Crippen LogP contribution in [0.3, 0.4) is 0 Å². The summed E-state index contributed by atoms with van der Waals surface area (Å²) in [5.41, 5.74) is 3.20. The molecule has 0 saturated carbocycles. The number of furan rings is 1. The second-order valence-electron chi connectivity index (χ2n) is 6.17. The molecular formula is C19H19N5O2S. The van der Waals surface area contributed by atoms with Crippen LogP contribution in [0.15, 0.2) is 33.8 Å². The first-order chi connectivity index (χ1) is 12.9. The Bertz CT molecular complexity index is 1050. The van der Waals surface area contributed by atoms with E-state index in [0.717, 1.165) is 22.5 Å². The maximum Gasteiger partial charge on any atom is 0.237 e. The van der Waals surface area contributed by atoms with Crippen molar-refractivity contribution in [1.29, 1.82) is 5.26 Å². The lowest BCUT2D eigenvalue weighted by molar-refractivity contribution is -0.113. The molecule has 3 rings (SSSR count). The van der Waals surface area contributed by atoms with Gasteiger partial charge in [0.25, 0.3) is 0 Å². The van der Waals surface area contributed by atoms with Crippen molar-refractivity contribution < 1.29 is 9.21 Å². The van der Waals surface area contributed by atoms with Crippen LogP contribution in [0.5, 0.6) is 0 Å². The molecule has 0 spiro atoms. The number of benzene rings is 1. The number of nitriles is 1. The molecule has 3 aromatic rings. The van der Waals surface area contributed by atoms with Gasteiger partial charge in [0, 0.05) is 18.2 Å². The van der Waals surface area contributed by atoms with E-state index in [1.807, 2.05) is 42.8 Å². The predicted octanol–water partition coefficient (Wildman–Crippen LogP) is 3.60. The summed E-state index contributed by atoms with van der Waals surface area (Å²) in [5, 5.41) is 20.9. The molecule has 1 N–H and O–H groups in total. The van der Waals surface area contributed by atoms with Crippen LogP contribution in [0.1, 0.15) is 22.5 Å². The number of nitrogens with zero attached hydrogens (tertiary/aromatic N) is 4. The van der Waals surface area contributed by atoms with Gasteiger partial charge >= 0.3 is 0 Å². The Labute approximate surface area is 161 Å². The maximum absolute atomic E-state index is 12.2. The SMILES string of the molecule is Cc1cccc(-c2nnc(SCC(=O)Nc3oc(C)c(C)c3C#N)n2C)c1. The minimum atomic E-state index is -0.273. The minimum Gasteiger partial charge on any atom is -0.444 e. The van der Waals surface area contributed by atoms with Gasteiger partial charge in [0.15, 0.2) is 11.0 Å². The zero-order chi connectivity index (χ0) is 19.6. The molecule has 2 heterocycles. The number of thioether (sulfide) groups is 1. The lowest BCUT2D eigenvalue weighted by Crippen LogP contribution is -2.14. The number of carbonyl (C=O) groups is 1. The van der Waals surface area contributed by atoms with Crippen LogP contribution in [-0.4, -0.2) is 26.4 Å². The van der Waals surface area contributed by atoms with E-state index in [1.165, 1.54) is 11.8 Å². The summed E-state index contributed by atoms with van der Waals surface area (Å²) < 4.78 is 7.31. The molecule has 0 bridgehead atoms. The summed E-state index contributed by atoms with van der Waals surface area (Å²) in [5.74, 6) is 1.40. The van der Waals surface area contributed by atoms with Gasteiger partial charge in [0.05, 0.1) is 5.75 Å². The zero-order valence-electron chi connectivity index (χ0n) is 15.5.